The number of ether oxygens (including phenoxy) is 5. The third-order valence-corrected chi connectivity index (χ3v) is 6.56. The van der Waals surface area contributed by atoms with Gasteiger partial charge in [-0.15, -0.1) is 0 Å². The molecule has 0 aliphatic carbocycles. The molecule has 4 rings (SSSR count). The van der Waals surface area contributed by atoms with Crippen LogP contribution in [0.25, 0.3) is 28.5 Å². The first kappa shape index (κ1) is 35.7. The molecule has 0 radical (unpaired) electrons. The fraction of sp³-hybridized carbons (Fsp3) is 0.419. The van der Waals surface area contributed by atoms with E-state index in [1.165, 1.54) is 18.8 Å². The Morgan fingerprint density at radius 3 is 1.92 bits per heavy atom. The topological polar surface area (TPSA) is 186 Å². The van der Waals surface area contributed by atoms with Crippen LogP contribution < -0.4 is 23.8 Å². The maximum absolute atomic E-state index is 13.6. The number of amides is 2. The van der Waals surface area contributed by atoms with E-state index in [1.54, 1.807) is 77.9 Å². The van der Waals surface area contributed by atoms with E-state index in [-0.39, 0.29) is 17.1 Å². The highest BCUT2D eigenvalue weighted by atomic mass is 32.2. The minimum Gasteiger partial charge on any atom is -0.494 e. The Labute approximate surface area is 278 Å². The number of carbonyl (C=O) groups excluding carboxylic acids is 2. The highest BCUT2D eigenvalue weighted by Crippen LogP contribution is 2.39. The number of nitrogens with zero attached hydrogens (tertiary/aromatic N) is 6. The number of imidazole rings is 1. The second-order valence-electron chi connectivity index (χ2n) is 12.3. The van der Waals surface area contributed by atoms with Gasteiger partial charge in [-0.1, -0.05) is 12.1 Å². The minimum atomic E-state index is -4.08. The summed E-state index contributed by atoms with van der Waals surface area (Å²) in [4.78, 5) is 46.1. The second kappa shape index (κ2) is 13.5. The molecule has 258 valence electrons. The minimum absolute atomic E-state index is 0.0142. The summed E-state index contributed by atoms with van der Waals surface area (Å²) < 4.78 is 57.1. The van der Waals surface area contributed by atoms with Gasteiger partial charge in [-0.3, -0.25) is 9.29 Å². The van der Waals surface area contributed by atoms with Crippen LogP contribution in [0.1, 0.15) is 48.5 Å². The summed E-state index contributed by atoms with van der Waals surface area (Å²) in [5, 5.41) is 0. The highest BCUT2D eigenvalue weighted by molar-refractivity contribution is 7.92. The van der Waals surface area contributed by atoms with E-state index in [4.69, 9.17) is 28.7 Å². The number of anilines is 2. The summed E-state index contributed by atoms with van der Waals surface area (Å²) in [6, 6.07) is 10.1. The molecule has 3 heterocycles. The number of sulfonamides is 1. The monoisotopic (exact) mass is 685 g/mol. The summed E-state index contributed by atoms with van der Waals surface area (Å²) in [5.41, 5.74) is -1.62. The van der Waals surface area contributed by atoms with E-state index in [0.717, 1.165) is 6.26 Å². The zero-order chi connectivity index (χ0) is 35.6. The molecule has 16 nitrogen and oxygen atoms in total. The summed E-state index contributed by atoms with van der Waals surface area (Å²) in [6.45, 7) is 11.8. The predicted molar refractivity (Wildman–Crippen MR) is 178 cm³/mol. The maximum Gasteiger partial charge on any atom is 0.425 e. The molecule has 0 aliphatic heterocycles. The Hall–Kier alpha value is -5.19. The number of nitrogens with one attached hydrogen (secondary N) is 1. The van der Waals surface area contributed by atoms with Crippen LogP contribution in [0.5, 0.6) is 17.4 Å². The maximum atomic E-state index is 13.6. The van der Waals surface area contributed by atoms with Crippen LogP contribution >= 0.6 is 0 Å². The third-order valence-electron chi connectivity index (χ3n) is 5.99. The quantitative estimate of drug-likeness (QED) is 0.238. The number of fused-ring (bicyclic) bond motifs is 1. The van der Waals surface area contributed by atoms with Crippen LogP contribution in [0.3, 0.4) is 0 Å². The lowest BCUT2D eigenvalue weighted by molar-refractivity contribution is 0.0429. The first-order valence-electron chi connectivity index (χ1n) is 14.7. The Balaban J connectivity index is 2.16. The smallest absolute Gasteiger partial charge is 0.425 e. The van der Waals surface area contributed by atoms with Gasteiger partial charge < -0.3 is 23.7 Å². The number of imide groups is 1. The lowest BCUT2D eigenvalue weighted by Crippen LogP contribution is -2.44. The molecule has 0 aliphatic rings. The van der Waals surface area contributed by atoms with Gasteiger partial charge in [-0.2, -0.15) is 4.90 Å². The lowest BCUT2D eigenvalue weighted by atomic mass is 10.2. The number of methoxy groups -OCH3 is 2. The largest absolute Gasteiger partial charge is 0.494 e. The van der Waals surface area contributed by atoms with Gasteiger partial charge in [0.15, 0.2) is 23.1 Å². The van der Waals surface area contributed by atoms with Crippen molar-refractivity contribution in [3.63, 3.8) is 0 Å². The van der Waals surface area contributed by atoms with E-state index >= 15 is 0 Å². The molecule has 1 aromatic carbocycles. The molecule has 0 atom stereocenters. The highest BCUT2D eigenvalue weighted by Gasteiger charge is 2.37. The van der Waals surface area contributed by atoms with Crippen molar-refractivity contribution in [2.75, 3.05) is 36.7 Å². The Morgan fingerprint density at radius 2 is 1.42 bits per heavy atom. The van der Waals surface area contributed by atoms with E-state index in [2.05, 4.69) is 19.7 Å². The number of rotatable bonds is 9. The van der Waals surface area contributed by atoms with Gasteiger partial charge in [0.25, 0.3) is 0 Å². The number of benzene rings is 1. The number of pyridine rings is 1. The van der Waals surface area contributed by atoms with Crippen molar-refractivity contribution in [1.82, 2.24) is 24.5 Å². The molecule has 0 spiro atoms. The molecule has 17 heteroatoms. The SMILES string of the molecule is CCOc1cccc(-c2nc3nc(N(C(=O)OC(C)(C)C)C(=O)OC(C)(C)C)c(NS(C)(=O)=O)nc3n2-c2c(OC)cccc2OC)n1. The van der Waals surface area contributed by atoms with Crippen molar-refractivity contribution in [2.45, 2.75) is 59.7 Å². The van der Waals surface area contributed by atoms with Crippen molar-refractivity contribution in [3.05, 3.63) is 36.4 Å². The van der Waals surface area contributed by atoms with Gasteiger partial charge >= 0.3 is 12.2 Å². The molecular weight excluding hydrogens is 646 g/mol. The van der Waals surface area contributed by atoms with Gasteiger partial charge in [0, 0.05) is 6.07 Å². The zero-order valence-corrected chi connectivity index (χ0v) is 29.3. The molecular formula is C31H39N7O9S. The lowest BCUT2D eigenvalue weighted by Gasteiger charge is -2.28. The van der Waals surface area contributed by atoms with Crippen LogP contribution in [0.15, 0.2) is 36.4 Å². The Bertz CT molecular complexity index is 1900. The van der Waals surface area contributed by atoms with Gasteiger partial charge in [-0.05, 0) is 66.7 Å². The molecule has 0 fully saturated rings. The molecule has 0 bridgehead atoms. The van der Waals surface area contributed by atoms with Crippen LogP contribution in [-0.2, 0) is 19.5 Å². The summed E-state index contributed by atoms with van der Waals surface area (Å²) in [7, 11) is -1.15. The number of hydrogen-bond acceptors (Lipinski definition) is 13. The average Bonchev–Trinajstić information content (AvgIpc) is 3.32. The first-order valence-corrected chi connectivity index (χ1v) is 16.6. The van der Waals surface area contributed by atoms with Crippen molar-refractivity contribution in [1.29, 1.82) is 0 Å². The summed E-state index contributed by atoms with van der Waals surface area (Å²) >= 11 is 0. The zero-order valence-electron chi connectivity index (χ0n) is 28.4. The molecule has 3 aromatic heterocycles. The second-order valence-corrected chi connectivity index (χ2v) is 14.0. The fourth-order valence-corrected chi connectivity index (χ4v) is 4.84. The van der Waals surface area contributed by atoms with Crippen LogP contribution in [0.2, 0.25) is 0 Å². The molecule has 0 saturated carbocycles. The van der Waals surface area contributed by atoms with Gasteiger partial charge in [0.1, 0.15) is 34.1 Å². The van der Waals surface area contributed by atoms with Crippen molar-refractivity contribution in [2.24, 2.45) is 0 Å². The predicted octanol–water partition coefficient (Wildman–Crippen LogP) is 5.34. The molecule has 2 amide bonds. The molecule has 0 saturated heterocycles. The number of carbonyl (C=O) groups is 2. The van der Waals surface area contributed by atoms with E-state index in [9.17, 15) is 18.0 Å². The summed E-state index contributed by atoms with van der Waals surface area (Å²) in [5.74, 6) is 0.0995. The number of hydrogen-bond donors (Lipinski definition) is 1. The number of para-hydroxylation sites is 1. The van der Waals surface area contributed by atoms with E-state index in [1.807, 2.05) is 6.92 Å². The molecule has 1 N–H and O–H groups in total. The standard InChI is InChI=1S/C31H39N7O9S/c1-11-45-21-17-12-14-18(32-21)25-33-23-26(37(25)22-19(43-8)15-13-16-20(22)44-9)35-24(36-48(10,41)42)27(34-23)38(28(39)46-30(2,3)4)29(40)47-31(5,6)7/h12-17H,11H2,1-10H3,(H,35,36). The van der Waals surface area contributed by atoms with E-state index in [0.29, 0.717) is 40.3 Å². The summed E-state index contributed by atoms with van der Waals surface area (Å²) in [6.07, 6.45) is -1.51. The molecule has 0 unspecified atom stereocenters. The van der Waals surface area contributed by atoms with Gasteiger partial charge in [0.2, 0.25) is 21.6 Å². The van der Waals surface area contributed by atoms with Gasteiger partial charge in [0.05, 0.1) is 27.1 Å². The van der Waals surface area contributed by atoms with E-state index < -0.39 is 45.0 Å². The van der Waals surface area contributed by atoms with Crippen molar-refractivity contribution < 1.29 is 41.7 Å². The Morgan fingerprint density at radius 1 is 0.854 bits per heavy atom. The van der Waals surface area contributed by atoms with Crippen LogP contribution in [-0.4, -0.2) is 83.4 Å². The van der Waals surface area contributed by atoms with Crippen molar-refractivity contribution in [3.8, 4) is 34.6 Å². The molecule has 4 aromatic rings. The van der Waals surface area contributed by atoms with Gasteiger partial charge in [-0.25, -0.2) is 37.9 Å². The normalized spacial score (nSPS) is 12.0. The molecule has 48 heavy (non-hydrogen) atoms. The first-order chi connectivity index (χ1) is 22.4. The van der Waals surface area contributed by atoms with Crippen LogP contribution in [0.4, 0.5) is 21.2 Å². The fourth-order valence-electron chi connectivity index (χ4n) is 4.35. The third kappa shape index (κ3) is 8.20. The Kier molecular flexibility index (Phi) is 10.0. The van der Waals surface area contributed by atoms with Crippen LogP contribution in [0, 0.1) is 0 Å². The number of aromatic nitrogens is 5. The van der Waals surface area contributed by atoms with Crippen molar-refractivity contribution >= 4 is 45.1 Å². The average molecular weight is 686 g/mol.